The Morgan fingerprint density at radius 1 is 1.22 bits per heavy atom. The maximum atomic E-state index is 13.0. The van der Waals surface area contributed by atoms with Gasteiger partial charge in [0.15, 0.2) is 10.00 Å². The molecule has 14 heteroatoms. The lowest BCUT2D eigenvalue weighted by Gasteiger charge is -2.35. The number of hydrogen-bond acceptors (Lipinski definition) is 8. The monoisotopic (exact) mass is 572 g/mol. The summed E-state index contributed by atoms with van der Waals surface area (Å²) < 4.78 is 0. The van der Waals surface area contributed by atoms with Gasteiger partial charge in [0, 0.05) is 36.6 Å². The number of halogens is 2. The van der Waals surface area contributed by atoms with Crippen LogP contribution in [0.25, 0.3) is 0 Å². The number of thiazole rings is 1. The summed E-state index contributed by atoms with van der Waals surface area (Å²) in [5.41, 5.74) is 0.939. The minimum atomic E-state index is -0.912. The summed E-state index contributed by atoms with van der Waals surface area (Å²) in [6, 6.07) is 2.19. The standard InChI is InChI=1S/C22H25ClN6O4S2.ClH/c1-29-7-6-14-16(10-29)35-21(27-14)19(31)25-15-8-11(22(32)33)2-4-13(15)26-20(34)18(30)28-17-5-3-12(23)9-24-17;/h3,5,9,11,13,15H,2,4,6-8,10H2,1H3,(H,25,31)(H,26,34)(H,32,33)(H,24,28,30);1H/t11-,13-,15+;/m0./s1. The van der Waals surface area contributed by atoms with E-state index in [2.05, 4.69) is 30.8 Å². The average Bonchev–Trinajstić information content (AvgIpc) is 3.25. The highest BCUT2D eigenvalue weighted by atomic mass is 35.5. The molecule has 1 aliphatic heterocycles. The average molecular weight is 574 g/mol. The fourth-order valence-corrected chi connectivity index (χ4v) is 5.64. The van der Waals surface area contributed by atoms with Crippen LogP contribution < -0.4 is 16.0 Å². The molecule has 3 atom stereocenters. The molecule has 2 amide bonds. The van der Waals surface area contributed by atoms with Crippen molar-refractivity contribution in [2.24, 2.45) is 5.92 Å². The molecule has 1 saturated carbocycles. The first-order chi connectivity index (χ1) is 16.7. The molecule has 1 fully saturated rings. The molecule has 3 heterocycles. The van der Waals surface area contributed by atoms with E-state index in [0.717, 1.165) is 30.1 Å². The predicted octanol–water partition coefficient (Wildman–Crippen LogP) is 2.51. The number of aliphatic carboxylic acids is 1. The van der Waals surface area contributed by atoms with Crippen LogP contribution in [0.15, 0.2) is 18.3 Å². The molecule has 194 valence electrons. The summed E-state index contributed by atoms with van der Waals surface area (Å²) in [4.78, 5) is 48.9. The van der Waals surface area contributed by atoms with E-state index in [1.165, 1.54) is 17.5 Å². The summed E-state index contributed by atoms with van der Waals surface area (Å²) in [7, 11) is 2.02. The molecule has 0 unspecified atom stereocenters. The number of pyridine rings is 1. The highest BCUT2D eigenvalue weighted by Gasteiger charge is 2.36. The molecule has 0 aromatic carbocycles. The Morgan fingerprint density at radius 3 is 2.69 bits per heavy atom. The van der Waals surface area contributed by atoms with Crippen molar-refractivity contribution in [3.05, 3.63) is 38.9 Å². The van der Waals surface area contributed by atoms with E-state index in [-0.39, 0.29) is 29.7 Å². The smallest absolute Gasteiger partial charge is 0.306 e. The lowest BCUT2D eigenvalue weighted by atomic mass is 9.82. The van der Waals surface area contributed by atoms with Crippen molar-refractivity contribution in [1.29, 1.82) is 0 Å². The Kier molecular flexibility index (Phi) is 9.59. The third kappa shape index (κ3) is 6.88. The van der Waals surface area contributed by atoms with Crippen LogP contribution in [0.4, 0.5) is 5.82 Å². The van der Waals surface area contributed by atoms with E-state index < -0.39 is 29.9 Å². The van der Waals surface area contributed by atoms with Gasteiger partial charge in [-0.3, -0.25) is 14.4 Å². The van der Waals surface area contributed by atoms with Crippen LogP contribution in [0.5, 0.6) is 0 Å². The van der Waals surface area contributed by atoms with Crippen LogP contribution in [0.3, 0.4) is 0 Å². The predicted molar refractivity (Wildman–Crippen MR) is 143 cm³/mol. The molecular formula is C22H26Cl2N6O4S2. The van der Waals surface area contributed by atoms with Crippen LogP contribution in [-0.2, 0) is 22.6 Å². The number of carbonyl (C=O) groups excluding carboxylic acids is 2. The molecule has 2 aromatic rings. The number of aromatic nitrogens is 2. The largest absolute Gasteiger partial charge is 0.481 e. The van der Waals surface area contributed by atoms with Crippen LogP contribution >= 0.6 is 47.6 Å². The number of rotatable bonds is 5. The van der Waals surface area contributed by atoms with Gasteiger partial charge in [-0.25, -0.2) is 9.97 Å². The number of thiocarbonyl (C=S) groups is 1. The van der Waals surface area contributed by atoms with Gasteiger partial charge < -0.3 is 26.0 Å². The fourth-order valence-electron chi connectivity index (χ4n) is 4.23. The Labute approximate surface area is 228 Å². The van der Waals surface area contributed by atoms with Crippen molar-refractivity contribution in [3.63, 3.8) is 0 Å². The molecule has 0 radical (unpaired) electrons. The lowest BCUT2D eigenvalue weighted by Crippen LogP contribution is -2.56. The number of nitrogens with one attached hydrogen (secondary N) is 3. The van der Waals surface area contributed by atoms with E-state index in [9.17, 15) is 19.5 Å². The normalized spacial score (nSPS) is 21.4. The topological polar surface area (TPSA) is 137 Å². The van der Waals surface area contributed by atoms with Gasteiger partial charge >= 0.3 is 5.97 Å². The first kappa shape index (κ1) is 28.2. The molecule has 4 N–H and O–H groups in total. The number of nitrogens with zero attached hydrogens (tertiary/aromatic N) is 3. The number of hydrogen-bond donors (Lipinski definition) is 4. The zero-order valence-electron chi connectivity index (χ0n) is 19.3. The summed E-state index contributed by atoms with van der Waals surface area (Å²) >= 11 is 12.4. The van der Waals surface area contributed by atoms with Gasteiger partial charge in [0.05, 0.1) is 22.7 Å². The van der Waals surface area contributed by atoms with Crippen LogP contribution in [0.1, 0.15) is 39.6 Å². The fraction of sp³-hybridized carbons (Fsp3) is 0.455. The first-order valence-electron chi connectivity index (χ1n) is 11.1. The molecule has 0 bridgehead atoms. The second-order valence-electron chi connectivity index (χ2n) is 8.70. The summed E-state index contributed by atoms with van der Waals surface area (Å²) in [6.45, 7) is 1.64. The second kappa shape index (κ2) is 12.2. The Morgan fingerprint density at radius 2 is 2.00 bits per heavy atom. The number of amides is 2. The Bertz CT molecular complexity index is 1150. The van der Waals surface area contributed by atoms with E-state index in [0.29, 0.717) is 28.7 Å². The van der Waals surface area contributed by atoms with Crippen molar-refractivity contribution in [3.8, 4) is 0 Å². The number of fused-ring (bicyclic) bond motifs is 1. The minimum absolute atomic E-state index is 0. The highest BCUT2D eigenvalue weighted by molar-refractivity contribution is 7.82. The number of carbonyl (C=O) groups is 3. The second-order valence-corrected chi connectivity index (χ2v) is 10.6. The van der Waals surface area contributed by atoms with Gasteiger partial charge in [-0.1, -0.05) is 23.8 Å². The van der Waals surface area contributed by atoms with Gasteiger partial charge in [0.2, 0.25) is 0 Å². The molecule has 0 spiro atoms. The number of anilines is 1. The van der Waals surface area contributed by atoms with E-state index in [4.69, 9.17) is 23.8 Å². The number of likely N-dealkylation sites (N-methyl/N-ethyl adjacent to an activating group) is 1. The highest BCUT2D eigenvalue weighted by Crippen LogP contribution is 2.28. The maximum Gasteiger partial charge on any atom is 0.306 e. The molecule has 1 aliphatic carbocycles. The number of carboxylic acid groups (broad SMARTS) is 1. The van der Waals surface area contributed by atoms with Crippen molar-refractivity contribution < 1.29 is 19.5 Å². The van der Waals surface area contributed by atoms with Gasteiger partial charge in [0.25, 0.3) is 11.8 Å². The van der Waals surface area contributed by atoms with Crippen molar-refractivity contribution >= 4 is 76.2 Å². The SMILES string of the molecule is CN1CCc2nc(C(=O)N[C@@H]3C[C@@H](C(=O)O)CC[C@@H]3NC(=S)C(=O)Nc3ccc(Cl)cn3)sc2C1.Cl. The van der Waals surface area contributed by atoms with Gasteiger partial charge in [-0.2, -0.15) is 0 Å². The van der Waals surface area contributed by atoms with E-state index in [1.54, 1.807) is 12.1 Å². The van der Waals surface area contributed by atoms with E-state index >= 15 is 0 Å². The molecular weight excluding hydrogens is 547 g/mol. The van der Waals surface area contributed by atoms with Crippen molar-refractivity contribution in [2.45, 2.75) is 44.3 Å². The Hall–Kier alpha value is -2.38. The van der Waals surface area contributed by atoms with Gasteiger partial charge in [-0.15, -0.1) is 23.7 Å². The molecule has 2 aromatic heterocycles. The van der Waals surface area contributed by atoms with Gasteiger partial charge in [0.1, 0.15) is 5.82 Å². The molecule has 2 aliphatic rings. The molecule has 36 heavy (non-hydrogen) atoms. The van der Waals surface area contributed by atoms with Crippen molar-refractivity contribution in [2.75, 3.05) is 18.9 Å². The maximum absolute atomic E-state index is 13.0. The minimum Gasteiger partial charge on any atom is -0.481 e. The summed E-state index contributed by atoms with van der Waals surface area (Å²) in [5.74, 6) is -2.13. The zero-order chi connectivity index (χ0) is 25.1. The van der Waals surface area contributed by atoms with Crippen LogP contribution in [0.2, 0.25) is 5.02 Å². The zero-order valence-corrected chi connectivity index (χ0v) is 22.5. The third-order valence-corrected chi connectivity index (χ3v) is 7.73. The molecule has 4 rings (SSSR count). The lowest BCUT2D eigenvalue weighted by molar-refractivity contribution is -0.143. The van der Waals surface area contributed by atoms with Gasteiger partial charge in [-0.05, 0) is 38.4 Å². The molecule has 10 nitrogen and oxygen atoms in total. The Balaban J connectivity index is 0.00000361. The summed E-state index contributed by atoms with van der Waals surface area (Å²) in [5, 5.41) is 18.9. The quantitative estimate of drug-likeness (QED) is 0.398. The summed E-state index contributed by atoms with van der Waals surface area (Å²) in [6.07, 6.45) is 3.24. The van der Waals surface area contributed by atoms with E-state index in [1.807, 2.05) is 7.05 Å². The van der Waals surface area contributed by atoms with Crippen molar-refractivity contribution in [1.82, 2.24) is 25.5 Å². The van der Waals surface area contributed by atoms with Crippen LogP contribution in [-0.4, -0.2) is 68.4 Å². The number of carboxylic acids is 1. The third-order valence-electron chi connectivity index (χ3n) is 6.12. The molecule has 0 saturated heterocycles. The first-order valence-corrected chi connectivity index (χ1v) is 12.7. The van der Waals surface area contributed by atoms with Crippen LogP contribution in [0, 0.1) is 5.92 Å².